The molecule has 1 amide bonds. The SMILES string of the molecule is Cc1oc(-c2ccccc2)cc1C(=O)Nc1ccc(C[N+](C)(C)C2CCCCC2)cc1. The van der Waals surface area contributed by atoms with Crippen LogP contribution in [0.4, 0.5) is 5.69 Å². The van der Waals surface area contributed by atoms with Gasteiger partial charge in [0.05, 0.1) is 25.7 Å². The van der Waals surface area contributed by atoms with Gasteiger partial charge in [-0.15, -0.1) is 0 Å². The third-order valence-electron chi connectivity index (χ3n) is 6.59. The van der Waals surface area contributed by atoms with Crippen molar-refractivity contribution in [1.82, 2.24) is 0 Å². The molecule has 3 aromatic rings. The molecule has 0 atom stereocenters. The molecule has 1 heterocycles. The van der Waals surface area contributed by atoms with Gasteiger partial charge in [0.1, 0.15) is 18.1 Å². The Hall–Kier alpha value is -2.85. The Morgan fingerprint density at radius 1 is 1.00 bits per heavy atom. The Kier molecular flexibility index (Phi) is 6.28. The smallest absolute Gasteiger partial charge is 0.259 e. The van der Waals surface area contributed by atoms with E-state index < -0.39 is 0 Å². The van der Waals surface area contributed by atoms with E-state index in [1.54, 1.807) is 0 Å². The van der Waals surface area contributed by atoms with Crippen molar-refractivity contribution in [2.24, 2.45) is 0 Å². The fraction of sp³-hybridized carbons (Fsp3) is 0.370. The van der Waals surface area contributed by atoms with Gasteiger partial charge in [0, 0.05) is 16.8 Å². The minimum atomic E-state index is -0.144. The minimum Gasteiger partial charge on any atom is -0.461 e. The van der Waals surface area contributed by atoms with Crippen LogP contribution in [-0.4, -0.2) is 30.5 Å². The molecule has 4 heteroatoms. The average molecular weight is 418 g/mol. The summed E-state index contributed by atoms with van der Waals surface area (Å²) in [5, 5.41) is 3.01. The molecule has 4 rings (SSSR count). The molecule has 31 heavy (non-hydrogen) atoms. The highest BCUT2D eigenvalue weighted by molar-refractivity contribution is 6.05. The van der Waals surface area contributed by atoms with E-state index in [2.05, 4.69) is 31.5 Å². The molecule has 1 fully saturated rings. The van der Waals surface area contributed by atoms with E-state index in [4.69, 9.17) is 4.42 Å². The molecule has 1 aliphatic rings. The third kappa shape index (κ3) is 5.08. The van der Waals surface area contributed by atoms with Gasteiger partial charge in [0.25, 0.3) is 5.91 Å². The maximum absolute atomic E-state index is 12.8. The Labute approximate surface area is 185 Å². The van der Waals surface area contributed by atoms with Gasteiger partial charge >= 0.3 is 0 Å². The van der Waals surface area contributed by atoms with Crippen LogP contribution in [0.3, 0.4) is 0 Å². The van der Waals surface area contributed by atoms with Crippen molar-refractivity contribution in [3.63, 3.8) is 0 Å². The van der Waals surface area contributed by atoms with Gasteiger partial charge in [0.15, 0.2) is 0 Å². The van der Waals surface area contributed by atoms with Crippen molar-refractivity contribution in [3.8, 4) is 11.3 Å². The zero-order valence-electron chi connectivity index (χ0n) is 18.9. The van der Waals surface area contributed by atoms with Crippen LogP contribution >= 0.6 is 0 Å². The van der Waals surface area contributed by atoms with Crippen LogP contribution in [0, 0.1) is 6.92 Å². The van der Waals surface area contributed by atoms with Crippen LogP contribution < -0.4 is 5.32 Å². The summed E-state index contributed by atoms with van der Waals surface area (Å²) in [5.41, 5.74) is 3.64. The van der Waals surface area contributed by atoms with Crippen molar-refractivity contribution < 1.29 is 13.7 Å². The maximum Gasteiger partial charge on any atom is 0.259 e. The molecule has 1 saturated carbocycles. The van der Waals surface area contributed by atoms with Crippen molar-refractivity contribution in [3.05, 3.63) is 77.6 Å². The van der Waals surface area contributed by atoms with Gasteiger partial charge in [-0.05, 0) is 50.8 Å². The molecule has 0 saturated heterocycles. The van der Waals surface area contributed by atoms with E-state index >= 15 is 0 Å². The number of benzene rings is 2. The van der Waals surface area contributed by atoms with Gasteiger partial charge in [-0.3, -0.25) is 4.79 Å². The van der Waals surface area contributed by atoms with Gasteiger partial charge in [-0.1, -0.05) is 48.9 Å². The number of aryl methyl sites for hydroxylation is 1. The van der Waals surface area contributed by atoms with E-state index in [0.29, 0.717) is 17.1 Å². The summed E-state index contributed by atoms with van der Waals surface area (Å²) in [5.74, 6) is 1.19. The molecule has 0 aliphatic heterocycles. The second-order valence-electron chi connectivity index (χ2n) is 9.33. The summed E-state index contributed by atoms with van der Waals surface area (Å²) in [6.07, 6.45) is 6.76. The second-order valence-corrected chi connectivity index (χ2v) is 9.33. The number of quaternary nitrogens is 1. The number of hydrogen-bond acceptors (Lipinski definition) is 2. The standard InChI is InChI=1S/C27H32N2O2/c1-20-25(18-26(31-20)22-10-6-4-7-11-22)27(30)28-23-16-14-21(15-17-23)19-29(2,3)24-12-8-5-9-13-24/h4,6-7,10-11,14-18,24H,5,8-9,12-13,19H2,1-3H3/p+1. The lowest BCUT2D eigenvalue weighted by Crippen LogP contribution is -2.48. The molecular weight excluding hydrogens is 384 g/mol. The Morgan fingerprint density at radius 2 is 1.68 bits per heavy atom. The van der Waals surface area contributed by atoms with E-state index in [9.17, 15) is 4.79 Å². The highest BCUT2D eigenvalue weighted by Gasteiger charge is 2.29. The molecular formula is C27H33N2O2+. The lowest BCUT2D eigenvalue weighted by molar-refractivity contribution is -0.929. The van der Waals surface area contributed by atoms with E-state index in [1.165, 1.54) is 37.7 Å². The van der Waals surface area contributed by atoms with Crippen molar-refractivity contribution >= 4 is 11.6 Å². The number of nitrogens with zero attached hydrogens (tertiary/aromatic N) is 1. The summed E-state index contributed by atoms with van der Waals surface area (Å²) in [6, 6.07) is 20.7. The largest absolute Gasteiger partial charge is 0.461 e. The monoisotopic (exact) mass is 417 g/mol. The highest BCUT2D eigenvalue weighted by Crippen LogP contribution is 2.28. The van der Waals surface area contributed by atoms with Gasteiger partial charge < -0.3 is 14.2 Å². The molecule has 0 bridgehead atoms. The van der Waals surface area contributed by atoms with Crippen LogP contribution in [0.1, 0.15) is 53.8 Å². The fourth-order valence-corrected chi connectivity index (χ4v) is 4.72. The number of hydrogen-bond donors (Lipinski definition) is 1. The maximum atomic E-state index is 12.8. The fourth-order valence-electron chi connectivity index (χ4n) is 4.72. The zero-order valence-corrected chi connectivity index (χ0v) is 18.9. The first-order valence-electron chi connectivity index (χ1n) is 11.3. The van der Waals surface area contributed by atoms with Crippen molar-refractivity contribution in [1.29, 1.82) is 0 Å². The van der Waals surface area contributed by atoms with E-state index in [-0.39, 0.29) is 5.91 Å². The van der Waals surface area contributed by atoms with Crippen LogP contribution in [-0.2, 0) is 6.54 Å². The minimum absolute atomic E-state index is 0.144. The Balaban J connectivity index is 1.41. The average Bonchev–Trinajstić information content (AvgIpc) is 3.18. The summed E-state index contributed by atoms with van der Waals surface area (Å²) >= 11 is 0. The van der Waals surface area contributed by atoms with Crippen molar-refractivity contribution in [2.75, 3.05) is 19.4 Å². The molecule has 0 unspecified atom stereocenters. The van der Waals surface area contributed by atoms with Crippen LogP contribution in [0.2, 0.25) is 0 Å². The Morgan fingerprint density at radius 3 is 2.35 bits per heavy atom. The number of amides is 1. The molecule has 0 spiro atoms. The van der Waals surface area contributed by atoms with E-state index in [0.717, 1.165) is 28.3 Å². The topological polar surface area (TPSA) is 42.2 Å². The van der Waals surface area contributed by atoms with E-state index in [1.807, 2.05) is 55.5 Å². The molecule has 162 valence electrons. The first-order valence-corrected chi connectivity index (χ1v) is 11.3. The summed E-state index contributed by atoms with van der Waals surface area (Å²) < 4.78 is 6.86. The zero-order chi connectivity index (χ0) is 21.8. The molecule has 0 radical (unpaired) electrons. The summed E-state index contributed by atoms with van der Waals surface area (Å²) in [4.78, 5) is 12.8. The van der Waals surface area contributed by atoms with Crippen LogP contribution in [0.25, 0.3) is 11.3 Å². The lowest BCUT2D eigenvalue weighted by atomic mass is 9.92. The second kappa shape index (κ2) is 9.11. The normalized spacial score (nSPS) is 15.1. The summed E-state index contributed by atoms with van der Waals surface area (Å²) in [7, 11) is 4.69. The number of anilines is 1. The highest BCUT2D eigenvalue weighted by atomic mass is 16.3. The molecule has 2 aromatic carbocycles. The Bertz CT molecular complexity index is 1010. The number of nitrogens with one attached hydrogen (secondary N) is 1. The number of carbonyl (C=O) groups is 1. The van der Waals surface area contributed by atoms with Gasteiger partial charge in [-0.2, -0.15) is 0 Å². The van der Waals surface area contributed by atoms with Gasteiger partial charge in [0.2, 0.25) is 0 Å². The third-order valence-corrected chi connectivity index (χ3v) is 6.59. The van der Waals surface area contributed by atoms with Gasteiger partial charge in [-0.25, -0.2) is 0 Å². The molecule has 1 aliphatic carbocycles. The first-order chi connectivity index (χ1) is 14.9. The van der Waals surface area contributed by atoms with Crippen LogP contribution in [0.5, 0.6) is 0 Å². The van der Waals surface area contributed by atoms with Crippen LogP contribution in [0.15, 0.2) is 65.1 Å². The van der Waals surface area contributed by atoms with Crippen molar-refractivity contribution in [2.45, 2.75) is 51.6 Å². The number of rotatable bonds is 6. The number of carbonyl (C=O) groups excluding carboxylic acids is 1. The number of furan rings is 1. The molecule has 1 N–H and O–H groups in total. The molecule has 1 aromatic heterocycles. The quantitative estimate of drug-likeness (QED) is 0.471. The lowest BCUT2D eigenvalue weighted by Gasteiger charge is -2.40. The predicted molar refractivity (Wildman–Crippen MR) is 126 cm³/mol. The summed E-state index contributed by atoms with van der Waals surface area (Å²) in [6.45, 7) is 2.84. The molecule has 4 nitrogen and oxygen atoms in total. The predicted octanol–water partition coefficient (Wildman–Crippen LogP) is 6.42. The first kappa shape index (κ1) is 21.4.